The first-order valence-corrected chi connectivity index (χ1v) is 8.45. The molecule has 0 radical (unpaired) electrons. The number of carbonyl (C=O) groups is 1. The maximum Gasteiger partial charge on any atom is 0.223 e. The van der Waals surface area contributed by atoms with E-state index in [1.807, 2.05) is 35.8 Å². The van der Waals surface area contributed by atoms with Crippen molar-refractivity contribution in [2.24, 2.45) is 5.92 Å². The largest absolute Gasteiger partial charge is 0.349 e. The quantitative estimate of drug-likeness (QED) is 0.759. The predicted molar refractivity (Wildman–Crippen MR) is 92.0 cm³/mol. The highest BCUT2D eigenvalue weighted by Crippen LogP contribution is 2.23. The molecular formula is C18H20N6O. The number of rotatable bonds is 4. The summed E-state index contributed by atoms with van der Waals surface area (Å²) in [7, 11) is 0. The molecule has 1 atom stereocenters. The van der Waals surface area contributed by atoms with Gasteiger partial charge in [-0.2, -0.15) is 0 Å². The fourth-order valence-corrected chi connectivity index (χ4v) is 3.24. The number of aromatic amines is 1. The van der Waals surface area contributed by atoms with E-state index in [0.29, 0.717) is 13.0 Å². The van der Waals surface area contributed by atoms with Gasteiger partial charge >= 0.3 is 0 Å². The maximum absolute atomic E-state index is 12.5. The van der Waals surface area contributed by atoms with Gasteiger partial charge in [-0.1, -0.05) is 17.7 Å². The van der Waals surface area contributed by atoms with Crippen molar-refractivity contribution in [3.8, 4) is 5.69 Å². The predicted octanol–water partition coefficient (Wildman–Crippen LogP) is 1.72. The van der Waals surface area contributed by atoms with Crippen molar-refractivity contribution >= 4 is 5.91 Å². The average molecular weight is 336 g/mol. The number of nitrogens with zero attached hydrogens (tertiary/aromatic N) is 4. The van der Waals surface area contributed by atoms with Crippen molar-refractivity contribution in [2.45, 2.75) is 32.7 Å². The Bertz CT molecular complexity index is 879. The molecule has 2 heterocycles. The Kier molecular flexibility index (Phi) is 4.05. The molecule has 0 saturated carbocycles. The summed E-state index contributed by atoms with van der Waals surface area (Å²) in [6.07, 6.45) is 5.76. The van der Waals surface area contributed by atoms with Crippen LogP contribution in [0.25, 0.3) is 5.69 Å². The van der Waals surface area contributed by atoms with Crippen LogP contribution in [0.15, 0.2) is 36.9 Å². The highest BCUT2D eigenvalue weighted by atomic mass is 16.1. The first-order valence-electron chi connectivity index (χ1n) is 8.45. The lowest BCUT2D eigenvalue weighted by Crippen LogP contribution is -2.34. The number of hydrogen-bond acceptors (Lipinski definition) is 4. The molecule has 2 N–H and O–H groups in total. The Labute approximate surface area is 145 Å². The van der Waals surface area contributed by atoms with Crippen LogP contribution in [0.3, 0.4) is 0 Å². The number of imidazole rings is 1. The van der Waals surface area contributed by atoms with Gasteiger partial charge in [-0.05, 0) is 31.9 Å². The molecule has 0 fully saturated rings. The van der Waals surface area contributed by atoms with Crippen LogP contribution in [0.5, 0.6) is 0 Å². The first-order chi connectivity index (χ1) is 12.2. The van der Waals surface area contributed by atoms with Crippen LogP contribution in [-0.4, -0.2) is 30.6 Å². The van der Waals surface area contributed by atoms with Crippen LogP contribution in [0.4, 0.5) is 0 Å². The van der Waals surface area contributed by atoms with Gasteiger partial charge < -0.3 is 10.3 Å². The van der Waals surface area contributed by atoms with Gasteiger partial charge in [0.1, 0.15) is 6.33 Å². The van der Waals surface area contributed by atoms with Crippen molar-refractivity contribution in [3.63, 3.8) is 0 Å². The SMILES string of the molecule is Cc1ccc(-n2cnnc2CNC(=O)C2CCc3nc[nH]c3C2)cc1. The van der Waals surface area contributed by atoms with Crippen LogP contribution in [0, 0.1) is 12.8 Å². The lowest BCUT2D eigenvalue weighted by atomic mass is 9.89. The zero-order chi connectivity index (χ0) is 17.2. The van der Waals surface area contributed by atoms with Gasteiger partial charge in [0.15, 0.2) is 5.82 Å². The van der Waals surface area contributed by atoms with E-state index in [1.54, 1.807) is 12.7 Å². The molecule has 0 spiro atoms. The summed E-state index contributed by atoms with van der Waals surface area (Å²) in [4.78, 5) is 19.9. The Hall–Kier alpha value is -2.96. The molecule has 7 nitrogen and oxygen atoms in total. The molecule has 0 saturated heterocycles. The number of benzene rings is 1. The molecule has 1 aliphatic carbocycles. The minimum atomic E-state index is -0.0244. The van der Waals surface area contributed by atoms with Crippen molar-refractivity contribution in [2.75, 3.05) is 0 Å². The molecule has 4 rings (SSSR count). The number of aryl methyl sites for hydroxylation is 2. The monoisotopic (exact) mass is 336 g/mol. The summed E-state index contributed by atoms with van der Waals surface area (Å²) < 4.78 is 1.90. The molecule has 3 aromatic rings. The normalized spacial score (nSPS) is 16.4. The number of fused-ring (bicyclic) bond motifs is 1. The Morgan fingerprint density at radius 2 is 2.20 bits per heavy atom. The van der Waals surface area contributed by atoms with Gasteiger partial charge in [-0.25, -0.2) is 4.98 Å². The summed E-state index contributed by atoms with van der Waals surface area (Å²) >= 11 is 0. The Balaban J connectivity index is 1.41. The minimum Gasteiger partial charge on any atom is -0.349 e. The molecule has 2 aromatic heterocycles. The highest BCUT2D eigenvalue weighted by molar-refractivity contribution is 5.79. The third kappa shape index (κ3) is 3.17. The molecule has 7 heteroatoms. The first kappa shape index (κ1) is 15.6. The number of H-pyrrole nitrogens is 1. The van der Waals surface area contributed by atoms with E-state index >= 15 is 0 Å². The van der Waals surface area contributed by atoms with Crippen molar-refractivity contribution in [1.29, 1.82) is 0 Å². The molecule has 1 aromatic carbocycles. The third-order valence-electron chi connectivity index (χ3n) is 4.71. The van der Waals surface area contributed by atoms with Crippen LogP contribution in [0.1, 0.15) is 29.2 Å². The van der Waals surface area contributed by atoms with Gasteiger partial charge in [0, 0.05) is 23.7 Å². The van der Waals surface area contributed by atoms with Crippen molar-refractivity contribution in [3.05, 3.63) is 59.7 Å². The number of hydrogen-bond donors (Lipinski definition) is 2. The van der Waals surface area contributed by atoms with Gasteiger partial charge in [0.2, 0.25) is 5.91 Å². The fourth-order valence-electron chi connectivity index (χ4n) is 3.24. The van der Waals surface area contributed by atoms with Crippen molar-refractivity contribution in [1.82, 2.24) is 30.0 Å². The van der Waals surface area contributed by atoms with Gasteiger partial charge in [-0.3, -0.25) is 9.36 Å². The molecule has 1 aliphatic rings. The molecule has 1 amide bonds. The molecule has 0 aliphatic heterocycles. The number of aromatic nitrogens is 5. The lowest BCUT2D eigenvalue weighted by molar-refractivity contribution is -0.125. The minimum absolute atomic E-state index is 0.0244. The molecule has 0 bridgehead atoms. The van der Waals surface area contributed by atoms with E-state index in [0.717, 1.165) is 35.7 Å². The van der Waals surface area contributed by atoms with Gasteiger partial charge in [-0.15, -0.1) is 10.2 Å². The smallest absolute Gasteiger partial charge is 0.223 e. The summed E-state index contributed by atoms with van der Waals surface area (Å²) in [6, 6.07) is 8.12. The third-order valence-corrected chi connectivity index (χ3v) is 4.71. The van der Waals surface area contributed by atoms with Gasteiger partial charge in [0.25, 0.3) is 0 Å². The second kappa shape index (κ2) is 6.51. The Morgan fingerprint density at radius 3 is 3.04 bits per heavy atom. The van der Waals surface area contributed by atoms with Crippen LogP contribution >= 0.6 is 0 Å². The summed E-state index contributed by atoms with van der Waals surface area (Å²) in [6.45, 7) is 2.41. The van der Waals surface area contributed by atoms with E-state index in [9.17, 15) is 4.79 Å². The van der Waals surface area contributed by atoms with E-state index in [4.69, 9.17) is 0 Å². The van der Waals surface area contributed by atoms with Crippen LogP contribution < -0.4 is 5.32 Å². The zero-order valence-corrected chi connectivity index (χ0v) is 14.1. The summed E-state index contributed by atoms with van der Waals surface area (Å²) in [5, 5.41) is 11.1. The average Bonchev–Trinajstić information content (AvgIpc) is 3.28. The van der Waals surface area contributed by atoms with Crippen molar-refractivity contribution < 1.29 is 4.79 Å². The maximum atomic E-state index is 12.5. The number of amides is 1. The van der Waals surface area contributed by atoms with E-state index in [1.165, 1.54) is 5.56 Å². The second-order valence-electron chi connectivity index (χ2n) is 6.44. The topological polar surface area (TPSA) is 88.5 Å². The molecule has 1 unspecified atom stereocenters. The van der Waals surface area contributed by atoms with E-state index in [-0.39, 0.29) is 11.8 Å². The number of nitrogens with one attached hydrogen (secondary N) is 2. The fraction of sp³-hybridized carbons (Fsp3) is 0.333. The summed E-state index contributed by atoms with van der Waals surface area (Å²) in [5.41, 5.74) is 4.35. The van der Waals surface area contributed by atoms with Crippen LogP contribution in [0.2, 0.25) is 0 Å². The van der Waals surface area contributed by atoms with E-state index in [2.05, 4.69) is 25.5 Å². The second-order valence-corrected chi connectivity index (χ2v) is 6.44. The van der Waals surface area contributed by atoms with E-state index < -0.39 is 0 Å². The van der Waals surface area contributed by atoms with Crippen LogP contribution in [-0.2, 0) is 24.2 Å². The summed E-state index contributed by atoms with van der Waals surface area (Å²) in [5.74, 6) is 0.748. The van der Waals surface area contributed by atoms with Gasteiger partial charge in [0.05, 0.1) is 18.6 Å². The zero-order valence-electron chi connectivity index (χ0n) is 14.1. The standard InChI is InChI=1S/C18H20N6O/c1-12-2-5-14(6-3-12)24-11-22-23-17(24)9-19-18(25)13-4-7-15-16(8-13)21-10-20-15/h2-3,5-6,10-11,13H,4,7-9H2,1H3,(H,19,25)(H,20,21). The Morgan fingerprint density at radius 1 is 1.36 bits per heavy atom. The molecule has 128 valence electrons. The molecular weight excluding hydrogens is 316 g/mol. The lowest BCUT2D eigenvalue weighted by Gasteiger charge is -2.20. The molecule has 25 heavy (non-hydrogen) atoms. The highest BCUT2D eigenvalue weighted by Gasteiger charge is 2.26. The number of carbonyl (C=O) groups excluding carboxylic acids is 1.